The number of aromatic hydroxyl groups is 1. The van der Waals surface area contributed by atoms with Crippen molar-refractivity contribution < 1.29 is 5.11 Å². The number of alkyl halides is 3. The Labute approximate surface area is 124 Å². The molecule has 1 aromatic carbocycles. The standard InChI is InChI=1S/C7H5NOS.CHCl3.CH5N3/c8-5-10-7-4-2-1-3-6(7)9;2*2-1(3)4/h1-4,9H;1H;(H5,2,3,4). The number of rotatable bonds is 1. The lowest BCUT2D eigenvalue weighted by Crippen LogP contribution is -2.20. The summed E-state index contributed by atoms with van der Waals surface area (Å²) in [6, 6.07) is 6.75. The molecule has 0 aliphatic rings. The summed E-state index contributed by atoms with van der Waals surface area (Å²) in [6.45, 7) is 0. The maximum absolute atomic E-state index is 9.07. The molecule has 0 aliphatic heterocycles. The van der Waals surface area contributed by atoms with Crippen LogP contribution in [-0.2, 0) is 0 Å². The number of thiocyanates is 1. The van der Waals surface area contributed by atoms with Gasteiger partial charge in [-0.3, -0.25) is 5.41 Å². The molecule has 0 atom stereocenters. The zero-order valence-electron chi connectivity index (χ0n) is 8.98. The van der Waals surface area contributed by atoms with Gasteiger partial charge < -0.3 is 16.6 Å². The summed E-state index contributed by atoms with van der Waals surface area (Å²) in [6.07, 6.45) is 0. The first kappa shape index (κ1) is 19.3. The lowest BCUT2D eigenvalue weighted by molar-refractivity contribution is 0.462. The third-order valence-electron chi connectivity index (χ3n) is 1.02. The van der Waals surface area contributed by atoms with Gasteiger partial charge in [0, 0.05) is 0 Å². The molecule has 0 bridgehead atoms. The van der Waals surface area contributed by atoms with Gasteiger partial charge in [0.05, 0.1) is 4.90 Å². The minimum Gasteiger partial charge on any atom is -0.507 e. The van der Waals surface area contributed by atoms with Crippen molar-refractivity contribution in [2.45, 2.75) is 9.19 Å². The maximum Gasteiger partial charge on any atom is 0.183 e. The molecule has 1 aromatic rings. The molecule has 0 aliphatic carbocycles. The van der Waals surface area contributed by atoms with Gasteiger partial charge in [-0.2, -0.15) is 5.26 Å². The molecular weight excluding hydrogens is 319 g/mol. The van der Waals surface area contributed by atoms with Crippen LogP contribution in [0.4, 0.5) is 0 Å². The summed E-state index contributed by atoms with van der Waals surface area (Å²) in [7, 11) is 0. The highest BCUT2D eigenvalue weighted by molar-refractivity contribution is 8.03. The van der Waals surface area contributed by atoms with Crippen molar-refractivity contribution in [1.29, 1.82) is 10.7 Å². The molecule has 0 radical (unpaired) electrons. The van der Waals surface area contributed by atoms with E-state index in [0.717, 1.165) is 11.8 Å². The predicted molar refractivity (Wildman–Crippen MR) is 77.0 cm³/mol. The Hall–Kier alpha value is -1.00. The van der Waals surface area contributed by atoms with Crippen LogP contribution in [0.3, 0.4) is 0 Å². The highest BCUT2D eigenvalue weighted by Gasteiger charge is 1.96. The first-order valence-corrected chi connectivity index (χ1v) is 6.29. The second-order valence-electron chi connectivity index (χ2n) is 2.36. The third kappa shape index (κ3) is 17.4. The largest absolute Gasteiger partial charge is 0.507 e. The number of phenolic OH excluding ortho intramolecular Hbond substituents is 1. The van der Waals surface area contributed by atoms with E-state index in [1.165, 1.54) is 0 Å². The van der Waals surface area contributed by atoms with Gasteiger partial charge in [0.2, 0.25) is 0 Å². The van der Waals surface area contributed by atoms with Crippen LogP contribution in [0.25, 0.3) is 0 Å². The number of nitrogens with one attached hydrogen (secondary N) is 1. The third-order valence-corrected chi connectivity index (χ3v) is 1.68. The number of para-hydroxylation sites is 1. The molecule has 100 valence electrons. The van der Waals surface area contributed by atoms with Crippen molar-refractivity contribution in [1.82, 2.24) is 0 Å². The molecule has 0 fully saturated rings. The van der Waals surface area contributed by atoms with Crippen LogP contribution in [0.1, 0.15) is 0 Å². The molecule has 9 heteroatoms. The number of halogens is 3. The molecule has 0 saturated carbocycles. The topological polar surface area (TPSA) is 120 Å². The fourth-order valence-corrected chi connectivity index (χ4v) is 1.01. The average Bonchev–Trinajstić information content (AvgIpc) is 2.20. The molecule has 18 heavy (non-hydrogen) atoms. The highest BCUT2D eigenvalue weighted by Crippen LogP contribution is 2.26. The van der Waals surface area contributed by atoms with Crippen molar-refractivity contribution in [3.63, 3.8) is 0 Å². The van der Waals surface area contributed by atoms with Crippen LogP contribution in [0.15, 0.2) is 29.2 Å². The van der Waals surface area contributed by atoms with E-state index in [9.17, 15) is 0 Å². The van der Waals surface area contributed by atoms with E-state index in [4.69, 9.17) is 50.6 Å². The van der Waals surface area contributed by atoms with Gasteiger partial charge in [-0.25, -0.2) is 0 Å². The Morgan fingerprint density at radius 3 is 2.06 bits per heavy atom. The number of nitrogens with two attached hydrogens (primary N) is 2. The molecule has 0 aromatic heterocycles. The molecule has 0 unspecified atom stereocenters. The molecule has 5 nitrogen and oxygen atoms in total. The van der Waals surface area contributed by atoms with E-state index in [0.29, 0.717) is 4.90 Å². The van der Waals surface area contributed by atoms with Gasteiger partial charge in [-0.15, -0.1) is 0 Å². The highest BCUT2D eigenvalue weighted by atomic mass is 35.6. The second-order valence-corrected chi connectivity index (χ2v) is 5.17. The van der Waals surface area contributed by atoms with Gasteiger partial charge >= 0.3 is 0 Å². The number of benzene rings is 1. The van der Waals surface area contributed by atoms with E-state index in [2.05, 4.69) is 11.5 Å². The number of hydrogen-bond donors (Lipinski definition) is 4. The fourth-order valence-electron chi connectivity index (χ4n) is 0.593. The average molecular weight is 330 g/mol. The van der Waals surface area contributed by atoms with Crippen LogP contribution >= 0.6 is 46.6 Å². The Morgan fingerprint density at radius 2 is 1.72 bits per heavy atom. The molecule has 1 rings (SSSR count). The van der Waals surface area contributed by atoms with Gasteiger partial charge in [0.1, 0.15) is 11.2 Å². The summed E-state index contributed by atoms with van der Waals surface area (Å²) < 4.78 is -0.750. The second kappa shape index (κ2) is 12.5. The van der Waals surface area contributed by atoms with Crippen LogP contribution in [0, 0.1) is 16.1 Å². The molecule has 0 heterocycles. The van der Waals surface area contributed by atoms with Crippen molar-refractivity contribution in [2.24, 2.45) is 11.5 Å². The number of phenols is 1. The molecule has 0 saturated heterocycles. The lowest BCUT2D eigenvalue weighted by Gasteiger charge is -1.94. The Kier molecular flexibility index (Phi) is 13.4. The Bertz CT molecular complexity index is 391. The molecule has 6 N–H and O–H groups in total. The van der Waals surface area contributed by atoms with Crippen LogP contribution in [0.2, 0.25) is 0 Å². The van der Waals surface area contributed by atoms with E-state index in [1.54, 1.807) is 24.3 Å². The van der Waals surface area contributed by atoms with E-state index < -0.39 is 4.30 Å². The first-order valence-electron chi connectivity index (χ1n) is 4.16. The molecule has 0 amide bonds. The van der Waals surface area contributed by atoms with Crippen LogP contribution in [-0.4, -0.2) is 15.4 Å². The monoisotopic (exact) mass is 328 g/mol. The summed E-state index contributed by atoms with van der Waals surface area (Å²) >= 11 is 15.4. The Balaban J connectivity index is 0. The zero-order valence-corrected chi connectivity index (χ0v) is 12.1. The lowest BCUT2D eigenvalue weighted by atomic mass is 10.3. The Morgan fingerprint density at radius 1 is 1.33 bits per heavy atom. The van der Waals surface area contributed by atoms with Crippen molar-refractivity contribution in [2.75, 3.05) is 0 Å². The fraction of sp³-hybridized carbons (Fsp3) is 0.111. The van der Waals surface area contributed by atoms with Crippen molar-refractivity contribution >= 4 is 52.5 Å². The summed E-state index contributed by atoms with van der Waals surface area (Å²) in [4.78, 5) is 0.602. The molecule has 0 spiro atoms. The summed E-state index contributed by atoms with van der Waals surface area (Å²) in [5.41, 5.74) is 8.94. The van der Waals surface area contributed by atoms with E-state index in [1.807, 2.05) is 5.40 Å². The van der Waals surface area contributed by atoms with Crippen LogP contribution in [0.5, 0.6) is 5.75 Å². The SMILES string of the molecule is ClC(Cl)Cl.N#CSc1ccccc1O.N=C(N)N. The minimum atomic E-state index is -0.750. The number of nitriles is 1. The normalized spacial score (nSPS) is 8.17. The summed E-state index contributed by atoms with van der Waals surface area (Å²) in [5.74, 6) is -0.172. The van der Waals surface area contributed by atoms with Crippen molar-refractivity contribution in [3.05, 3.63) is 24.3 Å². The quantitative estimate of drug-likeness (QED) is 0.208. The smallest absolute Gasteiger partial charge is 0.183 e. The number of nitrogens with zero attached hydrogens (tertiary/aromatic N) is 1. The predicted octanol–water partition coefficient (Wildman–Crippen LogP) is 2.79. The molecular formula is C9H11Cl3N4OS. The number of hydrogen-bond acceptors (Lipinski definition) is 4. The first-order chi connectivity index (χ1) is 8.31. The van der Waals surface area contributed by atoms with Gasteiger partial charge in [0.25, 0.3) is 0 Å². The van der Waals surface area contributed by atoms with Gasteiger partial charge in [-0.1, -0.05) is 46.9 Å². The van der Waals surface area contributed by atoms with E-state index >= 15 is 0 Å². The van der Waals surface area contributed by atoms with Crippen LogP contribution < -0.4 is 11.5 Å². The summed E-state index contributed by atoms with van der Waals surface area (Å²) in [5, 5.41) is 25.3. The van der Waals surface area contributed by atoms with Crippen molar-refractivity contribution in [3.8, 4) is 11.2 Å². The zero-order chi connectivity index (χ0) is 14.6. The van der Waals surface area contributed by atoms with Gasteiger partial charge in [-0.05, 0) is 23.9 Å². The van der Waals surface area contributed by atoms with Gasteiger partial charge in [0.15, 0.2) is 10.3 Å². The number of thioether (sulfide) groups is 1. The maximum atomic E-state index is 9.07. The number of guanidine groups is 1. The van der Waals surface area contributed by atoms with E-state index in [-0.39, 0.29) is 11.7 Å². The minimum absolute atomic E-state index is 0.161.